The second-order valence-electron chi connectivity index (χ2n) is 4.06. The molecule has 0 aromatic heterocycles. The third kappa shape index (κ3) is 4.61. The summed E-state index contributed by atoms with van der Waals surface area (Å²) in [7, 11) is 1.61. The van der Waals surface area contributed by atoms with Gasteiger partial charge in [0.05, 0.1) is 24.7 Å². The van der Waals surface area contributed by atoms with Crippen LogP contribution in [0.25, 0.3) is 0 Å². The minimum absolute atomic E-state index is 0.283. The van der Waals surface area contributed by atoms with Gasteiger partial charge in [-0.15, -0.1) is 0 Å². The molecule has 0 aliphatic heterocycles. The Morgan fingerprint density at radius 3 is 2.55 bits per heavy atom. The van der Waals surface area contributed by atoms with Gasteiger partial charge in [-0.05, 0) is 31.2 Å². The smallest absolute Gasteiger partial charge is 0.338 e. The number of carbonyl (C=O) groups is 2. The molecule has 1 N–H and O–H groups in total. The Kier molecular flexibility index (Phi) is 6.04. The number of nitrogens with one attached hydrogen (secondary N) is 1. The second kappa shape index (κ2) is 7.79. The van der Waals surface area contributed by atoms with E-state index in [1.54, 1.807) is 38.2 Å². The number of anilines is 1. The molecule has 0 unspecified atom stereocenters. The lowest BCUT2D eigenvalue weighted by Crippen LogP contribution is -2.31. The molecular formula is C14H17N3O3. The molecule has 0 radical (unpaired) electrons. The zero-order valence-corrected chi connectivity index (χ0v) is 11.5. The molecule has 20 heavy (non-hydrogen) atoms. The number of nitrogens with zero attached hydrogens (tertiary/aromatic N) is 2. The van der Waals surface area contributed by atoms with Crippen molar-refractivity contribution in [2.45, 2.75) is 13.3 Å². The van der Waals surface area contributed by atoms with Gasteiger partial charge in [0.1, 0.15) is 0 Å². The van der Waals surface area contributed by atoms with Crippen LogP contribution in [0.3, 0.4) is 0 Å². The number of amides is 2. The highest BCUT2D eigenvalue weighted by Crippen LogP contribution is 2.11. The topological polar surface area (TPSA) is 82.4 Å². The van der Waals surface area contributed by atoms with Crippen LogP contribution < -0.4 is 5.32 Å². The van der Waals surface area contributed by atoms with E-state index in [1.807, 2.05) is 6.07 Å². The highest BCUT2D eigenvalue weighted by molar-refractivity contribution is 5.92. The summed E-state index contributed by atoms with van der Waals surface area (Å²) in [5.74, 6) is -0.392. The first-order valence-corrected chi connectivity index (χ1v) is 6.24. The minimum Gasteiger partial charge on any atom is -0.462 e. The van der Waals surface area contributed by atoms with E-state index >= 15 is 0 Å². The summed E-state index contributed by atoms with van der Waals surface area (Å²) >= 11 is 0. The monoisotopic (exact) mass is 275 g/mol. The fourth-order valence-electron chi connectivity index (χ4n) is 1.44. The lowest BCUT2D eigenvalue weighted by atomic mass is 10.2. The number of ether oxygens (including phenoxy) is 1. The second-order valence-corrected chi connectivity index (χ2v) is 4.06. The molecule has 0 spiro atoms. The van der Waals surface area contributed by atoms with E-state index in [-0.39, 0.29) is 12.5 Å². The zero-order valence-electron chi connectivity index (χ0n) is 11.5. The first-order valence-electron chi connectivity index (χ1n) is 6.24. The van der Waals surface area contributed by atoms with Crippen LogP contribution in [0.15, 0.2) is 24.3 Å². The summed E-state index contributed by atoms with van der Waals surface area (Å²) < 4.78 is 4.87. The van der Waals surface area contributed by atoms with Crippen molar-refractivity contribution >= 4 is 17.7 Å². The summed E-state index contributed by atoms with van der Waals surface area (Å²) in [6, 6.07) is 8.10. The standard InChI is InChI=1S/C14H17N3O3/c1-3-20-13(18)11-5-7-12(8-6-11)16-14(19)17(2)10-4-9-15/h5-8H,3-4,10H2,1-2H3,(H,16,19). The van der Waals surface area contributed by atoms with Crippen molar-refractivity contribution < 1.29 is 14.3 Å². The lowest BCUT2D eigenvalue weighted by molar-refractivity contribution is 0.0526. The highest BCUT2D eigenvalue weighted by atomic mass is 16.5. The number of hydrogen-bond acceptors (Lipinski definition) is 4. The molecule has 1 rings (SSSR count). The normalized spacial score (nSPS) is 9.45. The van der Waals surface area contributed by atoms with Gasteiger partial charge in [-0.3, -0.25) is 0 Å². The maximum atomic E-state index is 11.8. The van der Waals surface area contributed by atoms with E-state index in [4.69, 9.17) is 10.00 Å². The predicted molar refractivity (Wildman–Crippen MR) is 74.3 cm³/mol. The number of nitriles is 1. The average molecular weight is 275 g/mol. The van der Waals surface area contributed by atoms with E-state index < -0.39 is 5.97 Å². The maximum absolute atomic E-state index is 11.8. The highest BCUT2D eigenvalue weighted by Gasteiger charge is 2.09. The Balaban J connectivity index is 2.59. The molecule has 6 heteroatoms. The number of carbonyl (C=O) groups excluding carboxylic acids is 2. The summed E-state index contributed by atoms with van der Waals surface area (Å²) in [6.07, 6.45) is 0.283. The minimum atomic E-state index is -0.392. The van der Waals surface area contributed by atoms with Crippen molar-refractivity contribution in [2.24, 2.45) is 0 Å². The molecule has 0 aliphatic carbocycles. The summed E-state index contributed by atoms with van der Waals surface area (Å²) in [4.78, 5) is 24.6. The van der Waals surface area contributed by atoms with Crippen LogP contribution in [0.1, 0.15) is 23.7 Å². The summed E-state index contributed by atoms with van der Waals surface area (Å²) in [5, 5.41) is 11.1. The van der Waals surface area contributed by atoms with E-state index in [9.17, 15) is 9.59 Å². The number of esters is 1. The van der Waals surface area contributed by atoms with E-state index in [2.05, 4.69) is 5.32 Å². The van der Waals surface area contributed by atoms with Crippen molar-refractivity contribution in [1.29, 1.82) is 5.26 Å². The Morgan fingerprint density at radius 2 is 2.00 bits per heavy atom. The molecule has 0 bridgehead atoms. The Morgan fingerprint density at radius 1 is 1.35 bits per heavy atom. The summed E-state index contributed by atoms with van der Waals surface area (Å²) in [6.45, 7) is 2.42. The van der Waals surface area contributed by atoms with Gasteiger partial charge in [0.25, 0.3) is 0 Å². The van der Waals surface area contributed by atoms with Gasteiger partial charge >= 0.3 is 12.0 Å². The molecule has 6 nitrogen and oxygen atoms in total. The van der Waals surface area contributed by atoms with Gasteiger partial charge in [0, 0.05) is 19.3 Å². The first-order chi connectivity index (χ1) is 9.58. The molecule has 0 atom stereocenters. The molecule has 106 valence electrons. The molecule has 0 heterocycles. The third-order valence-corrected chi connectivity index (χ3v) is 2.55. The Hall–Kier alpha value is -2.55. The van der Waals surface area contributed by atoms with E-state index in [0.717, 1.165) is 0 Å². The van der Waals surface area contributed by atoms with E-state index in [1.165, 1.54) is 4.90 Å². The van der Waals surface area contributed by atoms with Crippen LogP contribution >= 0.6 is 0 Å². The quantitative estimate of drug-likeness (QED) is 0.835. The van der Waals surface area contributed by atoms with Crippen LogP contribution in [0, 0.1) is 11.3 Å². The van der Waals surface area contributed by atoms with E-state index in [0.29, 0.717) is 24.4 Å². The fourth-order valence-corrected chi connectivity index (χ4v) is 1.44. The van der Waals surface area contributed by atoms with Crippen LogP contribution in [0.4, 0.5) is 10.5 Å². The zero-order chi connectivity index (χ0) is 15.0. The van der Waals surface area contributed by atoms with Gasteiger partial charge in [0.2, 0.25) is 0 Å². The largest absolute Gasteiger partial charge is 0.462 e. The van der Waals surface area contributed by atoms with Crippen molar-refractivity contribution in [1.82, 2.24) is 4.90 Å². The van der Waals surface area contributed by atoms with Crippen molar-refractivity contribution in [3.8, 4) is 6.07 Å². The molecule has 2 amide bonds. The van der Waals surface area contributed by atoms with Gasteiger partial charge in [-0.1, -0.05) is 0 Å². The SMILES string of the molecule is CCOC(=O)c1ccc(NC(=O)N(C)CCC#N)cc1. The van der Waals surface area contributed by atoms with Gasteiger partial charge in [-0.2, -0.15) is 5.26 Å². The van der Waals surface area contributed by atoms with Crippen molar-refractivity contribution in [3.63, 3.8) is 0 Å². The number of hydrogen-bond donors (Lipinski definition) is 1. The van der Waals surface area contributed by atoms with Crippen LogP contribution in [0.2, 0.25) is 0 Å². The lowest BCUT2D eigenvalue weighted by Gasteiger charge is -2.16. The molecule has 0 saturated carbocycles. The predicted octanol–water partition coefficient (Wildman–Crippen LogP) is 2.24. The number of urea groups is 1. The molecule has 0 saturated heterocycles. The molecule has 0 fully saturated rings. The van der Waals surface area contributed by atoms with Gasteiger partial charge in [-0.25, -0.2) is 9.59 Å². The summed E-state index contributed by atoms with van der Waals surface area (Å²) in [5.41, 5.74) is 1.01. The van der Waals surface area contributed by atoms with Crippen molar-refractivity contribution in [2.75, 3.05) is 25.5 Å². The van der Waals surface area contributed by atoms with Gasteiger partial charge in [0.15, 0.2) is 0 Å². The fraction of sp³-hybridized carbons (Fsp3) is 0.357. The number of rotatable bonds is 5. The average Bonchev–Trinajstić information content (AvgIpc) is 2.45. The molecular weight excluding hydrogens is 258 g/mol. The van der Waals surface area contributed by atoms with Crippen LogP contribution in [-0.2, 0) is 4.74 Å². The third-order valence-electron chi connectivity index (χ3n) is 2.55. The maximum Gasteiger partial charge on any atom is 0.338 e. The Bertz CT molecular complexity index is 505. The van der Waals surface area contributed by atoms with Crippen molar-refractivity contribution in [3.05, 3.63) is 29.8 Å². The molecule has 0 aliphatic rings. The van der Waals surface area contributed by atoms with Gasteiger partial charge < -0.3 is 15.0 Å². The molecule has 1 aromatic rings. The Labute approximate surface area is 117 Å². The number of benzene rings is 1. The van der Waals surface area contributed by atoms with Crippen LogP contribution in [-0.4, -0.2) is 37.1 Å². The van der Waals surface area contributed by atoms with Crippen LogP contribution in [0.5, 0.6) is 0 Å². The molecule has 1 aromatic carbocycles. The first kappa shape index (κ1) is 15.5.